The summed E-state index contributed by atoms with van der Waals surface area (Å²) in [6, 6.07) is 4.47. The number of likely N-dealkylation sites (tertiary alicyclic amines) is 1. The first kappa shape index (κ1) is 13.6. The monoisotopic (exact) mass is 279 g/mol. The molecule has 2 atom stereocenters. The Morgan fingerprint density at radius 2 is 2.05 bits per heavy atom. The molecule has 0 spiro atoms. The fourth-order valence-corrected chi connectivity index (χ4v) is 5.25. The van der Waals surface area contributed by atoms with Crippen LogP contribution in [0, 0.1) is 5.92 Å². The molecule has 0 radical (unpaired) electrons. The number of aliphatic hydroxyl groups excluding tert-OH is 1. The number of hydrogen-bond donors (Lipinski definition) is 1. The molecule has 1 N–H and O–H groups in total. The van der Waals surface area contributed by atoms with E-state index in [0.29, 0.717) is 12.5 Å². The fourth-order valence-electron chi connectivity index (χ4n) is 4.18. The second kappa shape index (κ2) is 5.94. The van der Waals surface area contributed by atoms with E-state index in [1.54, 1.807) is 0 Å². The van der Waals surface area contributed by atoms with E-state index in [2.05, 4.69) is 22.4 Å². The molecule has 0 amide bonds. The summed E-state index contributed by atoms with van der Waals surface area (Å²) in [6.45, 7) is 2.78. The van der Waals surface area contributed by atoms with Crippen LogP contribution in [-0.2, 0) is 5.54 Å². The summed E-state index contributed by atoms with van der Waals surface area (Å²) in [7, 11) is 0. The SMILES string of the molecule is OCC1CCCCC1(c1cccs1)N1CCCCC1. The fraction of sp³-hybridized carbons (Fsp3) is 0.750. The van der Waals surface area contributed by atoms with Crippen LogP contribution in [0.15, 0.2) is 17.5 Å². The van der Waals surface area contributed by atoms with Crippen molar-refractivity contribution in [2.75, 3.05) is 19.7 Å². The lowest BCUT2D eigenvalue weighted by molar-refractivity contribution is -0.0360. The van der Waals surface area contributed by atoms with E-state index in [0.717, 1.165) is 0 Å². The number of hydrogen-bond acceptors (Lipinski definition) is 3. The van der Waals surface area contributed by atoms with E-state index < -0.39 is 0 Å². The molecule has 106 valence electrons. The van der Waals surface area contributed by atoms with Crippen molar-refractivity contribution in [1.82, 2.24) is 4.90 Å². The van der Waals surface area contributed by atoms with Crippen LogP contribution in [0.5, 0.6) is 0 Å². The highest BCUT2D eigenvalue weighted by molar-refractivity contribution is 7.10. The van der Waals surface area contributed by atoms with Crippen LogP contribution in [0.4, 0.5) is 0 Å². The van der Waals surface area contributed by atoms with Crippen LogP contribution in [-0.4, -0.2) is 29.7 Å². The topological polar surface area (TPSA) is 23.5 Å². The molecule has 1 aliphatic heterocycles. The Balaban J connectivity index is 1.98. The van der Waals surface area contributed by atoms with Crippen LogP contribution in [0.25, 0.3) is 0 Å². The maximum atomic E-state index is 9.93. The van der Waals surface area contributed by atoms with Gasteiger partial charge in [-0.25, -0.2) is 0 Å². The summed E-state index contributed by atoms with van der Waals surface area (Å²) in [5.74, 6) is 0.429. The van der Waals surface area contributed by atoms with Crippen LogP contribution in [0.2, 0.25) is 0 Å². The molecule has 2 heterocycles. The van der Waals surface area contributed by atoms with Gasteiger partial charge in [0.1, 0.15) is 0 Å². The molecule has 2 aliphatic rings. The van der Waals surface area contributed by atoms with Crippen molar-refractivity contribution in [2.24, 2.45) is 5.92 Å². The summed E-state index contributed by atoms with van der Waals surface area (Å²) < 4.78 is 0. The smallest absolute Gasteiger partial charge is 0.0604 e. The first-order chi connectivity index (χ1) is 9.38. The Hall–Kier alpha value is -0.380. The van der Waals surface area contributed by atoms with Gasteiger partial charge in [0, 0.05) is 17.4 Å². The highest BCUT2D eigenvalue weighted by Crippen LogP contribution is 2.48. The lowest BCUT2D eigenvalue weighted by Crippen LogP contribution is -2.55. The van der Waals surface area contributed by atoms with E-state index in [1.165, 1.54) is 62.9 Å². The highest BCUT2D eigenvalue weighted by Gasteiger charge is 2.47. The molecule has 3 rings (SSSR count). The Kier molecular flexibility index (Phi) is 4.25. The van der Waals surface area contributed by atoms with Crippen LogP contribution < -0.4 is 0 Å². The molecule has 1 saturated carbocycles. The molecule has 1 aromatic rings. The van der Waals surface area contributed by atoms with E-state index in [4.69, 9.17) is 0 Å². The van der Waals surface area contributed by atoms with Crippen LogP contribution >= 0.6 is 11.3 Å². The van der Waals surface area contributed by atoms with Gasteiger partial charge in [-0.3, -0.25) is 4.90 Å². The van der Waals surface area contributed by atoms with Gasteiger partial charge in [0.15, 0.2) is 0 Å². The van der Waals surface area contributed by atoms with Crippen molar-refractivity contribution in [3.05, 3.63) is 22.4 Å². The molecule has 2 fully saturated rings. The maximum Gasteiger partial charge on any atom is 0.0604 e. The lowest BCUT2D eigenvalue weighted by atomic mass is 9.70. The average Bonchev–Trinajstić information content (AvgIpc) is 3.02. The molecule has 2 unspecified atom stereocenters. The molecule has 1 aliphatic carbocycles. The predicted molar refractivity (Wildman–Crippen MR) is 80.5 cm³/mol. The standard InChI is InChI=1S/C16H25NOS/c18-13-14-7-2-3-9-16(14,15-8-6-12-19-15)17-10-4-1-5-11-17/h6,8,12,14,18H,1-5,7,9-11,13H2. The van der Waals surface area contributed by atoms with Crippen molar-refractivity contribution >= 4 is 11.3 Å². The Morgan fingerprint density at radius 1 is 1.21 bits per heavy atom. The van der Waals surface area contributed by atoms with Gasteiger partial charge < -0.3 is 5.11 Å². The third kappa shape index (κ3) is 2.37. The van der Waals surface area contributed by atoms with Crippen LogP contribution in [0.1, 0.15) is 49.8 Å². The molecular formula is C16H25NOS. The van der Waals surface area contributed by atoms with Crippen molar-refractivity contribution in [3.8, 4) is 0 Å². The molecule has 2 nitrogen and oxygen atoms in total. The molecule has 0 aromatic carbocycles. The predicted octanol–water partition coefficient (Wildman–Crippen LogP) is 3.61. The Labute approximate surface area is 120 Å². The minimum Gasteiger partial charge on any atom is -0.396 e. The Morgan fingerprint density at radius 3 is 2.74 bits per heavy atom. The van der Waals surface area contributed by atoms with Crippen molar-refractivity contribution in [3.63, 3.8) is 0 Å². The van der Waals surface area contributed by atoms with Gasteiger partial charge in [-0.2, -0.15) is 0 Å². The van der Waals surface area contributed by atoms with Crippen LogP contribution in [0.3, 0.4) is 0 Å². The van der Waals surface area contributed by atoms with Gasteiger partial charge in [0.2, 0.25) is 0 Å². The number of thiophene rings is 1. The van der Waals surface area contributed by atoms with Gasteiger partial charge in [-0.05, 0) is 50.2 Å². The second-order valence-electron chi connectivity index (χ2n) is 6.07. The molecule has 3 heteroatoms. The van der Waals surface area contributed by atoms with Gasteiger partial charge in [-0.15, -0.1) is 11.3 Å². The summed E-state index contributed by atoms with van der Waals surface area (Å²) in [6.07, 6.45) is 9.04. The quantitative estimate of drug-likeness (QED) is 0.913. The minimum atomic E-state index is 0.140. The second-order valence-corrected chi connectivity index (χ2v) is 7.02. The highest BCUT2D eigenvalue weighted by atomic mass is 32.1. The number of rotatable bonds is 3. The first-order valence-corrected chi connectivity index (χ1v) is 8.66. The van der Waals surface area contributed by atoms with Gasteiger partial charge >= 0.3 is 0 Å². The summed E-state index contributed by atoms with van der Waals surface area (Å²) in [5, 5.41) is 12.1. The molecule has 1 aromatic heterocycles. The normalized spacial score (nSPS) is 33.4. The lowest BCUT2D eigenvalue weighted by Gasteiger charge is -2.52. The molecule has 19 heavy (non-hydrogen) atoms. The average molecular weight is 279 g/mol. The third-order valence-electron chi connectivity index (χ3n) is 5.12. The zero-order valence-electron chi connectivity index (χ0n) is 11.7. The molecule has 1 saturated heterocycles. The zero-order valence-corrected chi connectivity index (χ0v) is 12.5. The summed E-state index contributed by atoms with van der Waals surface area (Å²) in [5.41, 5.74) is 0.140. The minimum absolute atomic E-state index is 0.140. The summed E-state index contributed by atoms with van der Waals surface area (Å²) in [4.78, 5) is 4.20. The largest absolute Gasteiger partial charge is 0.396 e. The number of aliphatic hydroxyl groups is 1. The van der Waals surface area contributed by atoms with Crippen molar-refractivity contribution in [2.45, 2.75) is 50.5 Å². The zero-order chi connectivity index (χ0) is 13.1. The molecular weight excluding hydrogens is 254 g/mol. The molecule has 0 bridgehead atoms. The van der Waals surface area contributed by atoms with Gasteiger partial charge in [0.05, 0.1) is 5.54 Å². The van der Waals surface area contributed by atoms with E-state index in [-0.39, 0.29) is 5.54 Å². The number of nitrogens with zero attached hydrogens (tertiary/aromatic N) is 1. The van der Waals surface area contributed by atoms with Gasteiger partial charge in [-0.1, -0.05) is 25.3 Å². The van der Waals surface area contributed by atoms with Crippen molar-refractivity contribution in [1.29, 1.82) is 0 Å². The Bertz CT molecular complexity index is 385. The maximum absolute atomic E-state index is 9.93. The summed E-state index contributed by atoms with van der Waals surface area (Å²) >= 11 is 1.89. The van der Waals surface area contributed by atoms with Gasteiger partial charge in [0.25, 0.3) is 0 Å². The first-order valence-electron chi connectivity index (χ1n) is 7.78. The van der Waals surface area contributed by atoms with E-state index in [1.807, 2.05) is 11.3 Å². The number of piperidine rings is 1. The van der Waals surface area contributed by atoms with E-state index >= 15 is 0 Å². The van der Waals surface area contributed by atoms with E-state index in [9.17, 15) is 5.11 Å². The third-order valence-corrected chi connectivity index (χ3v) is 6.16. The van der Waals surface area contributed by atoms with Crippen molar-refractivity contribution < 1.29 is 5.11 Å².